The second-order valence-corrected chi connectivity index (χ2v) is 3.36. The molecule has 3 heteroatoms. The van der Waals surface area contributed by atoms with E-state index in [1.165, 1.54) is 6.07 Å². The lowest BCUT2D eigenvalue weighted by atomic mass is 10.0. The summed E-state index contributed by atoms with van der Waals surface area (Å²) >= 11 is 0. The van der Waals surface area contributed by atoms with Gasteiger partial charge in [0.15, 0.2) is 0 Å². The van der Waals surface area contributed by atoms with Crippen LogP contribution in [-0.2, 0) is 0 Å². The van der Waals surface area contributed by atoms with Crippen molar-refractivity contribution in [3.05, 3.63) is 35.1 Å². The first-order valence-electron chi connectivity index (χ1n) is 4.73. The normalized spacial score (nSPS) is 12.9. The van der Waals surface area contributed by atoms with Gasteiger partial charge < -0.3 is 10.4 Å². The zero-order valence-electron chi connectivity index (χ0n) is 8.55. The molecule has 14 heavy (non-hydrogen) atoms. The Morgan fingerprint density at radius 3 is 2.71 bits per heavy atom. The van der Waals surface area contributed by atoms with Gasteiger partial charge in [-0.3, -0.25) is 0 Å². The summed E-state index contributed by atoms with van der Waals surface area (Å²) < 4.78 is 13.0. The lowest BCUT2D eigenvalue weighted by molar-refractivity contribution is 0.269. The molecule has 0 fully saturated rings. The fraction of sp³-hybridized carbons (Fsp3) is 0.455. The number of halogens is 1. The largest absolute Gasteiger partial charge is 0.396 e. The second kappa shape index (κ2) is 5.08. The van der Waals surface area contributed by atoms with Crippen molar-refractivity contribution in [2.45, 2.75) is 19.4 Å². The summed E-state index contributed by atoms with van der Waals surface area (Å²) in [6.45, 7) is 1.87. The Morgan fingerprint density at radius 2 is 2.21 bits per heavy atom. The molecule has 0 saturated carbocycles. The molecule has 0 saturated heterocycles. The number of aliphatic hydroxyl groups is 1. The molecular formula is C11H16FNO. The molecule has 0 bridgehead atoms. The van der Waals surface area contributed by atoms with Crippen LogP contribution in [0.25, 0.3) is 0 Å². The topological polar surface area (TPSA) is 32.3 Å². The van der Waals surface area contributed by atoms with E-state index in [0.717, 1.165) is 5.56 Å². The molecule has 2 N–H and O–H groups in total. The van der Waals surface area contributed by atoms with Gasteiger partial charge in [0.1, 0.15) is 5.82 Å². The zero-order chi connectivity index (χ0) is 10.6. The molecule has 78 valence electrons. The Labute approximate surface area is 83.8 Å². The van der Waals surface area contributed by atoms with Gasteiger partial charge >= 0.3 is 0 Å². The van der Waals surface area contributed by atoms with Gasteiger partial charge in [0, 0.05) is 12.6 Å². The Morgan fingerprint density at radius 1 is 1.50 bits per heavy atom. The molecule has 0 aromatic heterocycles. The van der Waals surface area contributed by atoms with Crippen LogP contribution in [0.3, 0.4) is 0 Å². The summed E-state index contributed by atoms with van der Waals surface area (Å²) in [5, 5.41) is 11.9. The van der Waals surface area contributed by atoms with Crippen LogP contribution in [-0.4, -0.2) is 18.8 Å². The molecule has 0 radical (unpaired) electrons. The predicted octanol–water partition coefficient (Wildman–Crippen LogP) is 1.78. The minimum Gasteiger partial charge on any atom is -0.396 e. The first-order chi connectivity index (χ1) is 6.69. The quantitative estimate of drug-likeness (QED) is 0.771. The van der Waals surface area contributed by atoms with Crippen LogP contribution in [0.2, 0.25) is 0 Å². The van der Waals surface area contributed by atoms with Gasteiger partial charge in [0.2, 0.25) is 0 Å². The highest BCUT2D eigenvalue weighted by Gasteiger charge is 2.09. The van der Waals surface area contributed by atoms with Gasteiger partial charge in [0.05, 0.1) is 0 Å². The van der Waals surface area contributed by atoms with Crippen LogP contribution < -0.4 is 5.32 Å². The molecule has 1 unspecified atom stereocenters. The van der Waals surface area contributed by atoms with Gasteiger partial charge in [-0.1, -0.05) is 12.1 Å². The van der Waals surface area contributed by atoms with Crippen molar-refractivity contribution in [3.63, 3.8) is 0 Å². The van der Waals surface area contributed by atoms with E-state index >= 15 is 0 Å². The van der Waals surface area contributed by atoms with E-state index in [-0.39, 0.29) is 18.5 Å². The molecule has 1 atom stereocenters. The Kier molecular flexibility index (Phi) is 4.04. The molecule has 0 amide bonds. The van der Waals surface area contributed by atoms with E-state index in [4.69, 9.17) is 5.11 Å². The minimum atomic E-state index is -0.187. The van der Waals surface area contributed by atoms with Gasteiger partial charge in [-0.05, 0) is 37.6 Å². The van der Waals surface area contributed by atoms with Crippen molar-refractivity contribution in [1.82, 2.24) is 5.32 Å². The van der Waals surface area contributed by atoms with Crippen LogP contribution in [0.1, 0.15) is 23.6 Å². The predicted molar refractivity (Wildman–Crippen MR) is 54.6 cm³/mol. The second-order valence-electron chi connectivity index (χ2n) is 3.36. The SMILES string of the molecule is CNC(CCO)c1ccc(F)c(C)c1. The number of aryl methyl sites for hydroxylation is 1. The van der Waals surface area contributed by atoms with E-state index in [1.807, 2.05) is 13.1 Å². The first-order valence-corrected chi connectivity index (χ1v) is 4.73. The monoisotopic (exact) mass is 197 g/mol. The third-order valence-electron chi connectivity index (χ3n) is 2.35. The van der Waals surface area contributed by atoms with Crippen molar-refractivity contribution < 1.29 is 9.50 Å². The van der Waals surface area contributed by atoms with E-state index in [0.29, 0.717) is 12.0 Å². The molecule has 0 aliphatic heterocycles. The van der Waals surface area contributed by atoms with E-state index in [1.54, 1.807) is 13.0 Å². The van der Waals surface area contributed by atoms with E-state index in [9.17, 15) is 4.39 Å². The number of hydrogen-bond acceptors (Lipinski definition) is 2. The molecule has 1 aromatic rings. The fourth-order valence-corrected chi connectivity index (χ4v) is 1.49. The molecule has 1 aromatic carbocycles. The summed E-state index contributed by atoms with van der Waals surface area (Å²) in [7, 11) is 1.83. The number of hydrogen-bond donors (Lipinski definition) is 2. The lowest BCUT2D eigenvalue weighted by Gasteiger charge is -2.15. The molecule has 0 aliphatic rings. The lowest BCUT2D eigenvalue weighted by Crippen LogP contribution is -2.17. The Balaban J connectivity index is 2.88. The average molecular weight is 197 g/mol. The number of nitrogens with one attached hydrogen (secondary N) is 1. The standard InChI is InChI=1S/C11H16FNO/c1-8-7-9(3-4-10(8)12)11(13-2)5-6-14/h3-4,7,11,13-14H,5-6H2,1-2H3. The summed E-state index contributed by atoms with van der Waals surface area (Å²) in [5.41, 5.74) is 1.65. The van der Waals surface area contributed by atoms with Crippen LogP contribution in [0.15, 0.2) is 18.2 Å². The number of rotatable bonds is 4. The molecule has 0 heterocycles. The van der Waals surface area contributed by atoms with Gasteiger partial charge in [-0.25, -0.2) is 4.39 Å². The van der Waals surface area contributed by atoms with Crippen molar-refractivity contribution in [2.75, 3.05) is 13.7 Å². The van der Waals surface area contributed by atoms with Crippen LogP contribution in [0.4, 0.5) is 4.39 Å². The maximum atomic E-state index is 13.0. The summed E-state index contributed by atoms with van der Waals surface area (Å²) in [5.74, 6) is -0.187. The number of aliphatic hydroxyl groups excluding tert-OH is 1. The Bertz CT molecular complexity index is 301. The molecule has 1 rings (SSSR count). The maximum absolute atomic E-state index is 13.0. The van der Waals surface area contributed by atoms with Gasteiger partial charge in [0.25, 0.3) is 0 Å². The smallest absolute Gasteiger partial charge is 0.126 e. The summed E-state index contributed by atoms with van der Waals surface area (Å²) in [4.78, 5) is 0. The highest BCUT2D eigenvalue weighted by Crippen LogP contribution is 2.18. The van der Waals surface area contributed by atoms with Gasteiger partial charge in [-0.15, -0.1) is 0 Å². The van der Waals surface area contributed by atoms with Crippen molar-refractivity contribution in [1.29, 1.82) is 0 Å². The van der Waals surface area contributed by atoms with Crippen molar-refractivity contribution in [3.8, 4) is 0 Å². The fourth-order valence-electron chi connectivity index (χ4n) is 1.49. The van der Waals surface area contributed by atoms with E-state index < -0.39 is 0 Å². The first kappa shape index (κ1) is 11.1. The average Bonchev–Trinajstić information content (AvgIpc) is 2.19. The van der Waals surface area contributed by atoms with Crippen molar-refractivity contribution >= 4 is 0 Å². The highest BCUT2D eigenvalue weighted by molar-refractivity contribution is 5.26. The highest BCUT2D eigenvalue weighted by atomic mass is 19.1. The third-order valence-corrected chi connectivity index (χ3v) is 2.35. The van der Waals surface area contributed by atoms with Crippen LogP contribution in [0.5, 0.6) is 0 Å². The maximum Gasteiger partial charge on any atom is 0.126 e. The third kappa shape index (κ3) is 2.53. The number of benzene rings is 1. The van der Waals surface area contributed by atoms with Crippen LogP contribution in [0, 0.1) is 12.7 Å². The summed E-state index contributed by atoms with van der Waals surface area (Å²) in [6, 6.07) is 5.12. The van der Waals surface area contributed by atoms with Gasteiger partial charge in [-0.2, -0.15) is 0 Å². The Hall–Kier alpha value is -0.930. The molecule has 2 nitrogen and oxygen atoms in total. The van der Waals surface area contributed by atoms with Crippen LogP contribution >= 0.6 is 0 Å². The molecular weight excluding hydrogens is 181 g/mol. The minimum absolute atomic E-state index is 0.0966. The van der Waals surface area contributed by atoms with Crippen molar-refractivity contribution in [2.24, 2.45) is 0 Å². The molecule has 0 spiro atoms. The zero-order valence-corrected chi connectivity index (χ0v) is 8.55. The van der Waals surface area contributed by atoms with E-state index in [2.05, 4.69) is 5.32 Å². The molecule has 0 aliphatic carbocycles. The summed E-state index contributed by atoms with van der Waals surface area (Å²) in [6.07, 6.45) is 0.640.